The largest absolute Gasteiger partial charge is 0.488 e. The Morgan fingerprint density at radius 3 is 2.86 bits per heavy atom. The van der Waals surface area contributed by atoms with Crippen LogP contribution in [-0.2, 0) is 6.42 Å². The third-order valence-corrected chi connectivity index (χ3v) is 4.25. The molecule has 2 aromatic rings. The maximum absolute atomic E-state index is 13.2. The van der Waals surface area contributed by atoms with E-state index in [0.29, 0.717) is 23.0 Å². The highest BCUT2D eigenvalue weighted by Gasteiger charge is 2.23. The zero-order valence-electron chi connectivity index (χ0n) is 11.4. The first-order valence-electron chi connectivity index (χ1n) is 6.67. The van der Waals surface area contributed by atoms with Crippen molar-refractivity contribution in [1.82, 2.24) is 0 Å². The molecule has 110 valence electrons. The molecule has 0 aromatic heterocycles. The van der Waals surface area contributed by atoms with E-state index in [-0.39, 0.29) is 11.9 Å². The molecule has 0 aliphatic carbocycles. The lowest BCUT2D eigenvalue weighted by atomic mass is 10.1. The maximum atomic E-state index is 13.2. The van der Waals surface area contributed by atoms with Gasteiger partial charge in [0.2, 0.25) is 0 Å². The first-order chi connectivity index (χ1) is 10.0. The van der Waals surface area contributed by atoms with Crippen LogP contribution in [0.2, 0.25) is 10.0 Å². The lowest BCUT2D eigenvalue weighted by Gasteiger charge is -2.14. The van der Waals surface area contributed by atoms with Gasteiger partial charge in [0.15, 0.2) is 0 Å². The van der Waals surface area contributed by atoms with Gasteiger partial charge in [-0.3, -0.25) is 0 Å². The summed E-state index contributed by atoms with van der Waals surface area (Å²) >= 11 is 12.3. The molecule has 1 N–H and O–H groups in total. The molecule has 0 bridgehead atoms. The summed E-state index contributed by atoms with van der Waals surface area (Å²) in [6, 6.07) is 8.23. The number of nitrogens with one attached hydrogen (secondary N) is 1. The average molecular weight is 326 g/mol. The Hall–Kier alpha value is -1.45. The summed E-state index contributed by atoms with van der Waals surface area (Å²) in [4.78, 5) is 0. The van der Waals surface area contributed by atoms with Gasteiger partial charge in [-0.25, -0.2) is 4.39 Å². The number of aryl methyl sites for hydroxylation is 1. The number of rotatable bonds is 3. The van der Waals surface area contributed by atoms with Crippen LogP contribution < -0.4 is 10.1 Å². The van der Waals surface area contributed by atoms with Crippen molar-refractivity contribution in [2.24, 2.45) is 0 Å². The van der Waals surface area contributed by atoms with Gasteiger partial charge in [-0.05, 0) is 42.8 Å². The molecule has 1 atom stereocenters. The fourth-order valence-electron chi connectivity index (χ4n) is 2.41. The zero-order chi connectivity index (χ0) is 15.0. The molecular weight excluding hydrogens is 312 g/mol. The highest BCUT2D eigenvalue weighted by Crippen LogP contribution is 2.31. The van der Waals surface area contributed by atoms with E-state index in [1.807, 2.05) is 13.0 Å². The number of fused-ring (bicyclic) bond motifs is 1. The molecule has 21 heavy (non-hydrogen) atoms. The number of benzene rings is 2. The fourth-order valence-corrected chi connectivity index (χ4v) is 2.86. The van der Waals surface area contributed by atoms with E-state index >= 15 is 0 Å². The van der Waals surface area contributed by atoms with Crippen LogP contribution in [0.4, 0.5) is 10.1 Å². The van der Waals surface area contributed by atoms with Crippen molar-refractivity contribution in [3.8, 4) is 5.75 Å². The van der Waals surface area contributed by atoms with Crippen molar-refractivity contribution < 1.29 is 9.13 Å². The lowest BCUT2D eigenvalue weighted by molar-refractivity contribution is 0.246. The van der Waals surface area contributed by atoms with Gasteiger partial charge in [-0.2, -0.15) is 0 Å². The van der Waals surface area contributed by atoms with Crippen molar-refractivity contribution >= 4 is 28.9 Å². The highest BCUT2D eigenvalue weighted by molar-refractivity contribution is 6.35. The van der Waals surface area contributed by atoms with Crippen LogP contribution in [0.5, 0.6) is 5.75 Å². The second kappa shape index (κ2) is 5.74. The standard InChI is InChI=1S/C16H14Cl2FNO/c1-9-4-14(18)15(7-13(9)17)20-8-12-6-10-5-11(19)2-3-16(10)21-12/h2-5,7,12,20H,6,8H2,1H3. The minimum absolute atomic E-state index is 0.0436. The predicted octanol–water partition coefficient (Wildman–Crippen LogP) is 4.86. The van der Waals surface area contributed by atoms with Gasteiger partial charge >= 0.3 is 0 Å². The van der Waals surface area contributed by atoms with E-state index < -0.39 is 0 Å². The molecule has 1 aliphatic rings. The number of halogens is 3. The molecule has 0 saturated heterocycles. The highest BCUT2D eigenvalue weighted by atomic mass is 35.5. The Morgan fingerprint density at radius 1 is 1.24 bits per heavy atom. The lowest BCUT2D eigenvalue weighted by Crippen LogP contribution is -2.24. The number of hydrogen-bond acceptors (Lipinski definition) is 2. The van der Waals surface area contributed by atoms with Crippen LogP contribution in [0.3, 0.4) is 0 Å². The van der Waals surface area contributed by atoms with Crippen molar-refractivity contribution in [3.63, 3.8) is 0 Å². The summed E-state index contributed by atoms with van der Waals surface area (Å²) in [5, 5.41) is 4.53. The van der Waals surface area contributed by atoms with Crippen molar-refractivity contribution in [2.75, 3.05) is 11.9 Å². The van der Waals surface area contributed by atoms with Crippen molar-refractivity contribution in [2.45, 2.75) is 19.4 Å². The molecule has 0 amide bonds. The van der Waals surface area contributed by atoms with Crippen LogP contribution in [0.15, 0.2) is 30.3 Å². The molecule has 1 aliphatic heterocycles. The van der Waals surface area contributed by atoms with E-state index in [0.717, 1.165) is 22.6 Å². The summed E-state index contributed by atoms with van der Waals surface area (Å²) < 4.78 is 18.9. The Bertz CT molecular complexity index is 690. The van der Waals surface area contributed by atoms with Crippen molar-refractivity contribution in [1.29, 1.82) is 0 Å². The predicted molar refractivity (Wildman–Crippen MR) is 84.2 cm³/mol. The van der Waals surface area contributed by atoms with Gasteiger partial charge < -0.3 is 10.1 Å². The smallest absolute Gasteiger partial charge is 0.123 e. The molecule has 3 rings (SSSR count). The Morgan fingerprint density at radius 2 is 2.05 bits per heavy atom. The molecule has 2 nitrogen and oxygen atoms in total. The molecule has 0 saturated carbocycles. The van der Waals surface area contributed by atoms with Crippen LogP contribution in [0.25, 0.3) is 0 Å². The number of ether oxygens (including phenoxy) is 1. The van der Waals surface area contributed by atoms with E-state index in [9.17, 15) is 4.39 Å². The van der Waals surface area contributed by atoms with Crippen LogP contribution in [-0.4, -0.2) is 12.6 Å². The van der Waals surface area contributed by atoms with Gasteiger partial charge in [0.05, 0.1) is 17.3 Å². The average Bonchev–Trinajstić information content (AvgIpc) is 2.83. The summed E-state index contributed by atoms with van der Waals surface area (Å²) in [5.41, 5.74) is 2.61. The number of anilines is 1. The Balaban J connectivity index is 1.66. The molecular formula is C16H14Cl2FNO. The van der Waals surface area contributed by atoms with Crippen LogP contribution >= 0.6 is 23.2 Å². The molecule has 0 fully saturated rings. The second-order valence-electron chi connectivity index (χ2n) is 5.16. The minimum atomic E-state index is -0.237. The normalized spacial score (nSPS) is 16.5. The topological polar surface area (TPSA) is 21.3 Å². The first-order valence-corrected chi connectivity index (χ1v) is 7.43. The maximum Gasteiger partial charge on any atom is 0.123 e. The first kappa shape index (κ1) is 14.5. The summed E-state index contributed by atoms with van der Waals surface area (Å²) in [6.07, 6.45) is 0.634. The Kier molecular flexibility index (Phi) is 3.96. The number of hydrogen-bond donors (Lipinski definition) is 1. The van der Waals surface area contributed by atoms with Gasteiger partial charge in [0.25, 0.3) is 0 Å². The van der Waals surface area contributed by atoms with Crippen LogP contribution in [0, 0.1) is 12.7 Å². The minimum Gasteiger partial charge on any atom is -0.488 e. The zero-order valence-corrected chi connectivity index (χ0v) is 12.9. The molecule has 0 spiro atoms. The third kappa shape index (κ3) is 3.09. The molecule has 5 heteroatoms. The van der Waals surface area contributed by atoms with Gasteiger partial charge in [-0.1, -0.05) is 23.2 Å². The van der Waals surface area contributed by atoms with Gasteiger partial charge in [0.1, 0.15) is 17.7 Å². The molecule has 1 unspecified atom stereocenters. The summed E-state index contributed by atoms with van der Waals surface area (Å²) in [6.45, 7) is 2.48. The van der Waals surface area contributed by atoms with Gasteiger partial charge in [-0.15, -0.1) is 0 Å². The fraction of sp³-hybridized carbons (Fsp3) is 0.250. The van der Waals surface area contributed by atoms with E-state index in [4.69, 9.17) is 27.9 Å². The molecule has 1 heterocycles. The van der Waals surface area contributed by atoms with E-state index in [1.54, 1.807) is 12.1 Å². The van der Waals surface area contributed by atoms with E-state index in [2.05, 4.69) is 5.32 Å². The quantitative estimate of drug-likeness (QED) is 0.870. The monoisotopic (exact) mass is 325 g/mol. The molecule has 0 radical (unpaired) electrons. The van der Waals surface area contributed by atoms with Gasteiger partial charge in [0, 0.05) is 17.0 Å². The Labute approximate surface area is 132 Å². The van der Waals surface area contributed by atoms with Crippen LogP contribution in [0.1, 0.15) is 11.1 Å². The summed E-state index contributed by atoms with van der Waals surface area (Å²) in [5.74, 6) is 0.510. The van der Waals surface area contributed by atoms with E-state index in [1.165, 1.54) is 12.1 Å². The molecule has 2 aromatic carbocycles. The third-order valence-electron chi connectivity index (χ3n) is 3.53. The van der Waals surface area contributed by atoms with Crippen molar-refractivity contribution in [3.05, 3.63) is 57.3 Å². The second-order valence-corrected chi connectivity index (χ2v) is 5.97. The summed E-state index contributed by atoms with van der Waals surface area (Å²) in [7, 11) is 0. The SMILES string of the molecule is Cc1cc(Cl)c(NCC2Cc3cc(F)ccc3O2)cc1Cl.